The summed E-state index contributed by atoms with van der Waals surface area (Å²) >= 11 is 0. The summed E-state index contributed by atoms with van der Waals surface area (Å²) in [5.74, 6) is 0. The minimum Gasteiger partial charge on any atom is -0.280 e. The quantitative estimate of drug-likeness (QED) is 0.770. The molecule has 0 aliphatic rings. The molecule has 0 heterocycles. The number of benzene rings is 2. The Morgan fingerprint density at radius 3 is 2.12 bits per heavy atom. The minimum atomic E-state index is -3.79. The fourth-order valence-electron chi connectivity index (χ4n) is 2.40. The summed E-state index contributed by atoms with van der Waals surface area (Å²) in [5.41, 5.74) is 1.79. The average molecular weight is 383 g/mol. The van der Waals surface area contributed by atoms with E-state index in [0.717, 1.165) is 18.4 Å². The van der Waals surface area contributed by atoms with Gasteiger partial charge in [0.05, 0.1) is 15.5 Å². The number of aryl methyl sites for hydroxylation is 2. The van der Waals surface area contributed by atoms with Crippen LogP contribution >= 0.6 is 0 Å². The summed E-state index contributed by atoms with van der Waals surface area (Å²) in [7, 11) is -6.15. The molecule has 0 spiro atoms. The van der Waals surface area contributed by atoms with Gasteiger partial charge in [0.1, 0.15) is 0 Å². The molecular weight excluding hydrogens is 360 g/mol. The third kappa shape index (κ3) is 4.59. The topological polar surface area (TPSA) is 92.3 Å². The molecular formula is C17H22N2O4S2. The molecule has 0 aliphatic heterocycles. The molecule has 8 heteroatoms. The van der Waals surface area contributed by atoms with Crippen molar-refractivity contribution < 1.29 is 16.8 Å². The Hall–Kier alpha value is -1.90. The number of hydrogen-bond donors (Lipinski definition) is 2. The molecule has 0 amide bonds. The third-order valence-corrected chi connectivity index (χ3v) is 6.72. The maximum Gasteiger partial charge on any atom is 0.261 e. The Morgan fingerprint density at radius 2 is 1.56 bits per heavy atom. The predicted molar refractivity (Wildman–Crippen MR) is 98.7 cm³/mol. The van der Waals surface area contributed by atoms with Crippen LogP contribution in [0.1, 0.15) is 24.5 Å². The lowest BCUT2D eigenvalue weighted by Crippen LogP contribution is -2.20. The van der Waals surface area contributed by atoms with E-state index in [2.05, 4.69) is 16.4 Å². The summed E-state index contributed by atoms with van der Waals surface area (Å²) in [6.07, 6.45) is 1.87. The molecule has 0 atom stereocenters. The Balaban J connectivity index is 2.33. The molecule has 6 nitrogen and oxygen atoms in total. The number of hydrogen-bond acceptors (Lipinski definition) is 4. The van der Waals surface area contributed by atoms with Gasteiger partial charge in [0.15, 0.2) is 0 Å². The summed E-state index contributed by atoms with van der Waals surface area (Å²) in [5, 5.41) is 0. The first-order valence-corrected chi connectivity index (χ1v) is 10.8. The molecule has 0 saturated carbocycles. The van der Waals surface area contributed by atoms with Gasteiger partial charge in [-0.15, -0.1) is 0 Å². The monoisotopic (exact) mass is 382 g/mol. The van der Waals surface area contributed by atoms with E-state index >= 15 is 0 Å². The van der Waals surface area contributed by atoms with Crippen molar-refractivity contribution in [2.75, 3.05) is 11.8 Å². The van der Waals surface area contributed by atoms with Crippen LogP contribution in [0.2, 0.25) is 0 Å². The molecule has 2 rings (SSSR count). The normalized spacial score (nSPS) is 12.1. The molecule has 0 radical (unpaired) electrons. The van der Waals surface area contributed by atoms with Gasteiger partial charge >= 0.3 is 0 Å². The lowest BCUT2D eigenvalue weighted by molar-refractivity contribution is 0.587. The first-order chi connectivity index (χ1) is 11.7. The standard InChI is InChI=1S/C17H22N2O4S2/c1-4-5-14-7-10-16(11-8-14)24(20,21)19-15-9-6-13(2)17(12-15)25(22,23)18-3/h6-12,18-19H,4-5H2,1-3H3. The van der Waals surface area contributed by atoms with Crippen LogP contribution in [-0.2, 0) is 26.5 Å². The molecule has 25 heavy (non-hydrogen) atoms. The highest BCUT2D eigenvalue weighted by molar-refractivity contribution is 7.92. The van der Waals surface area contributed by atoms with Crippen molar-refractivity contribution >= 4 is 25.7 Å². The molecule has 0 unspecified atom stereocenters. The van der Waals surface area contributed by atoms with Crippen molar-refractivity contribution in [3.05, 3.63) is 53.6 Å². The smallest absolute Gasteiger partial charge is 0.261 e. The molecule has 0 saturated heterocycles. The van der Waals surface area contributed by atoms with Crippen LogP contribution in [-0.4, -0.2) is 23.9 Å². The Labute approximate surface area is 149 Å². The summed E-state index contributed by atoms with van der Waals surface area (Å²) in [4.78, 5) is 0.166. The SMILES string of the molecule is CCCc1ccc(S(=O)(=O)Nc2ccc(C)c(S(=O)(=O)NC)c2)cc1. The summed E-state index contributed by atoms with van der Waals surface area (Å²) < 4.78 is 53.7. The van der Waals surface area contributed by atoms with Crippen LogP contribution < -0.4 is 9.44 Å². The maximum atomic E-state index is 12.5. The van der Waals surface area contributed by atoms with Gasteiger partial charge in [-0.2, -0.15) is 0 Å². The van der Waals surface area contributed by atoms with Gasteiger partial charge in [-0.1, -0.05) is 31.5 Å². The van der Waals surface area contributed by atoms with Crippen LogP contribution in [0.5, 0.6) is 0 Å². The second-order valence-electron chi connectivity index (χ2n) is 5.69. The second-order valence-corrected chi connectivity index (χ2v) is 9.22. The van der Waals surface area contributed by atoms with Crippen molar-refractivity contribution in [3.8, 4) is 0 Å². The first-order valence-electron chi connectivity index (χ1n) is 7.85. The van der Waals surface area contributed by atoms with Crippen molar-refractivity contribution in [3.63, 3.8) is 0 Å². The molecule has 0 aliphatic carbocycles. The van der Waals surface area contributed by atoms with Gasteiger partial charge in [0.25, 0.3) is 10.0 Å². The zero-order valence-corrected chi connectivity index (χ0v) is 16.0. The highest BCUT2D eigenvalue weighted by Crippen LogP contribution is 2.23. The Kier molecular flexibility index (Phi) is 5.87. The summed E-state index contributed by atoms with van der Waals surface area (Å²) in [6, 6.07) is 11.1. The van der Waals surface area contributed by atoms with Crippen LogP contribution in [0.3, 0.4) is 0 Å². The van der Waals surface area contributed by atoms with Crippen molar-refractivity contribution in [1.82, 2.24) is 4.72 Å². The molecule has 0 bridgehead atoms. The van der Waals surface area contributed by atoms with Gasteiger partial charge < -0.3 is 0 Å². The van der Waals surface area contributed by atoms with Gasteiger partial charge in [-0.05, 0) is 55.8 Å². The zero-order valence-electron chi connectivity index (χ0n) is 14.4. The van der Waals surface area contributed by atoms with E-state index in [9.17, 15) is 16.8 Å². The summed E-state index contributed by atoms with van der Waals surface area (Å²) in [6.45, 7) is 3.70. The minimum absolute atomic E-state index is 0.0356. The van der Waals surface area contributed by atoms with Crippen LogP contribution in [0, 0.1) is 6.92 Å². The fraction of sp³-hybridized carbons (Fsp3) is 0.294. The first kappa shape index (κ1) is 19.4. The van der Waals surface area contributed by atoms with Gasteiger partial charge in [0, 0.05) is 0 Å². The fourth-order valence-corrected chi connectivity index (χ4v) is 4.44. The molecule has 0 aromatic heterocycles. The van der Waals surface area contributed by atoms with E-state index in [-0.39, 0.29) is 15.5 Å². The third-order valence-electron chi connectivity index (χ3n) is 3.77. The van der Waals surface area contributed by atoms with E-state index in [0.29, 0.717) is 5.56 Å². The molecule has 2 aromatic carbocycles. The van der Waals surface area contributed by atoms with E-state index in [1.54, 1.807) is 37.3 Å². The van der Waals surface area contributed by atoms with Gasteiger partial charge in [-0.25, -0.2) is 21.6 Å². The Bertz CT molecular complexity index is 951. The lowest BCUT2D eigenvalue weighted by atomic mass is 10.1. The number of rotatable bonds is 7. The largest absolute Gasteiger partial charge is 0.280 e. The van der Waals surface area contributed by atoms with Crippen LogP contribution in [0.25, 0.3) is 0 Å². The zero-order chi connectivity index (χ0) is 18.7. The van der Waals surface area contributed by atoms with Crippen LogP contribution in [0.15, 0.2) is 52.3 Å². The van der Waals surface area contributed by atoms with E-state index in [1.807, 2.05) is 0 Å². The molecule has 2 aromatic rings. The molecule has 136 valence electrons. The number of anilines is 1. The highest BCUT2D eigenvalue weighted by Gasteiger charge is 2.18. The average Bonchev–Trinajstić information content (AvgIpc) is 2.57. The van der Waals surface area contributed by atoms with Gasteiger partial charge in [-0.3, -0.25) is 4.72 Å². The number of nitrogens with one attached hydrogen (secondary N) is 2. The number of sulfonamides is 2. The lowest BCUT2D eigenvalue weighted by Gasteiger charge is -2.12. The second kappa shape index (κ2) is 7.55. The van der Waals surface area contributed by atoms with E-state index in [4.69, 9.17) is 0 Å². The van der Waals surface area contributed by atoms with Crippen molar-refractivity contribution in [1.29, 1.82) is 0 Å². The predicted octanol–water partition coefficient (Wildman–Crippen LogP) is 2.66. The maximum absolute atomic E-state index is 12.5. The van der Waals surface area contributed by atoms with Crippen molar-refractivity contribution in [2.45, 2.75) is 36.5 Å². The molecule has 0 fully saturated rings. The molecule has 2 N–H and O–H groups in total. The Morgan fingerprint density at radius 1 is 0.920 bits per heavy atom. The van der Waals surface area contributed by atoms with E-state index in [1.165, 1.54) is 19.2 Å². The highest BCUT2D eigenvalue weighted by atomic mass is 32.2. The van der Waals surface area contributed by atoms with E-state index < -0.39 is 20.0 Å². The van der Waals surface area contributed by atoms with Crippen molar-refractivity contribution in [2.24, 2.45) is 0 Å². The van der Waals surface area contributed by atoms with Crippen LogP contribution in [0.4, 0.5) is 5.69 Å². The van der Waals surface area contributed by atoms with Gasteiger partial charge in [0.2, 0.25) is 10.0 Å².